The van der Waals surface area contributed by atoms with Crippen molar-refractivity contribution < 1.29 is 31.5 Å². The van der Waals surface area contributed by atoms with Crippen LogP contribution in [-0.2, 0) is 21.0 Å². The van der Waals surface area contributed by atoms with Crippen LogP contribution in [-0.4, -0.2) is 25.5 Å². The van der Waals surface area contributed by atoms with E-state index in [0.29, 0.717) is 24.3 Å². The summed E-state index contributed by atoms with van der Waals surface area (Å²) in [7, 11) is -3.74. The van der Waals surface area contributed by atoms with Gasteiger partial charge in [-0.2, -0.15) is 13.2 Å². The van der Waals surface area contributed by atoms with E-state index >= 15 is 0 Å². The Morgan fingerprint density at radius 3 is 2.50 bits per heavy atom. The van der Waals surface area contributed by atoms with E-state index < -0.39 is 27.7 Å². The third kappa shape index (κ3) is 6.93. The molecule has 4 unspecified atom stereocenters. The first-order valence-corrected chi connectivity index (χ1v) is 12.3. The molecular formula is C23H28F3NO4S. The van der Waals surface area contributed by atoms with Crippen molar-refractivity contribution in [3.05, 3.63) is 53.0 Å². The summed E-state index contributed by atoms with van der Waals surface area (Å²) in [6.45, 7) is 0. The molecule has 0 aliphatic heterocycles. The Hall–Kier alpha value is -2.13. The van der Waals surface area contributed by atoms with E-state index in [1.54, 1.807) is 0 Å². The summed E-state index contributed by atoms with van der Waals surface area (Å²) in [4.78, 5) is 10.6. The van der Waals surface area contributed by atoms with E-state index in [-0.39, 0.29) is 24.3 Å². The fourth-order valence-corrected chi connectivity index (χ4v) is 5.88. The van der Waals surface area contributed by atoms with Crippen LogP contribution in [0.1, 0.15) is 56.1 Å². The molecule has 3 fully saturated rings. The number of hydrogen-bond donors (Lipinski definition) is 2. The zero-order valence-corrected chi connectivity index (χ0v) is 18.4. The quantitative estimate of drug-likeness (QED) is 0.383. The Labute approximate surface area is 186 Å². The van der Waals surface area contributed by atoms with Gasteiger partial charge in [0.15, 0.2) is 0 Å². The molecule has 176 valence electrons. The normalized spacial score (nSPS) is 26.2. The van der Waals surface area contributed by atoms with Gasteiger partial charge in [-0.3, -0.25) is 4.79 Å². The van der Waals surface area contributed by atoms with Crippen LogP contribution in [0.4, 0.5) is 13.2 Å². The summed E-state index contributed by atoms with van der Waals surface area (Å²) in [6, 6.07) is 4.14. The lowest BCUT2D eigenvalue weighted by Crippen LogP contribution is -2.49. The Morgan fingerprint density at radius 1 is 1.16 bits per heavy atom. The minimum absolute atomic E-state index is 0.134. The standard InChI is InChI=1S/C23H28F3NO4S/c24-23(25,26)19-9-6-16(7-10-19)12-13-32(30,31)27-21-15-17-8-11-20(21)18(14-17)4-2-1-3-5-22(28)29/h2,4,6-7,9-10,12-13,17-18,20-21,27H,1,3,5,8,11,14-15H2,(H,28,29)/b4-2+,13-12+. The van der Waals surface area contributed by atoms with E-state index in [4.69, 9.17) is 5.11 Å². The third-order valence-electron chi connectivity index (χ3n) is 6.31. The molecule has 9 heteroatoms. The first-order chi connectivity index (χ1) is 15.0. The lowest BCUT2D eigenvalue weighted by atomic mass is 9.62. The van der Waals surface area contributed by atoms with Crippen molar-refractivity contribution in [3.8, 4) is 0 Å². The van der Waals surface area contributed by atoms with Crippen molar-refractivity contribution in [3.63, 3.8) is 0 Å². The number of aliphatic carboxylic acids is 1. The summed E-state index contributed by atoms with van der Waals surface area (Å²) in [5.74, 6) is 0.0816. The van der Waals surface area contributed by atoms with Crippen LogP contribution >= 0.6 is 0 Å². The van der Waals surface area contributed by atoms with E-state index in [0.717, 1.165) is 43.2 Å². The van der Waals surface area contributed by atoms with E-state index in [1.165, 1.54) is 18.2 Å². The predicted molar refractivity (Wildman–Crippen MR) is 116 cm³/mol. The number of rotatable bonds is 9. The highest BCUT2D eigenvalue weighted by molar-refractivity contribution is 7.92. The van der Waals surface area contributed by atoms with Gasteiger partial charge in [-0.15, -0.1) is 0 Å². The highest BCUT2D eigenvalue weighted by atomic mass is 32.2. The number of carboxylic acid groups (broad SMARTS) is 1. The molecule has 2 bridgehead atoms. The van der Waals surface area contributed by atoms with Crippen LogP contribution in [0, 0.1) is 17.8 Å². The van der Waals surface area contributed by atoms with Gasteiger partial charge >= 0.3 is 12.1 Å². The maximum absolute atomic E-state index is 12.7. The molecule has 3 saturated carbocycles. The highest BCUT2D eigenvalue weighted by Gasteiger charge is 2.42. The van der Waals surface area contributed by atoms with Crippen LogP contribution in [0.5, 0.6) is 0 Å². The second kappa shape index (κ2) is 10.2. The first-order valence-electron chi connectivity index (χ1n) is 10.8. The minimum Gasteiger partial charge on any atom is -0.481 e. The smallest absolute Gasteiger partial charge is 0.416 e. The highest BCUT2D eigenvalue weighted by Crippen LogP contribution is 2.46. The Bertz CT molecular complexity index is 954. The number of carboxylic acids is 1. The number of allylic oxidation sites excluding steroid dienone is 2. The van der Waals surface area contributed by atoms with Gasteiger partial charge in [0.25, 0.3) is 0 Å². The van der Waals surface area contributed by atoms with E-state index in [2.05, 4.69) is 10.8 Å². The Morgan fingerprint density at radius 2 is 1.88 bits per heavy atom. The molecule has 0 saturated heterocycles. The molecule has 0 heterocycles. The molecule has 0 aromatic heterocycles. The van der Waals surface area contributed by atoms with Gasteiger partial charge in [0.1, 0.15) is 0 Å². The molecule has 2 N–H and O–H groups in total. The van der Waals surface area contributed by atoms with Crippen LogP contribution in [0.15, 0.2) is 41.8 Å². The fraction of sp³-hybridized carbons (Fsp3) is 0.522. The summed E-state index contributed by atoms with van der Waals surface area (Å²) in [6.07, 6.45) is 6.18. The molecule has 1 aromatic rings. The number of alkyl halides is 3. The van der Waals surface area contributed by atoms with Gasteiger partial charge in [0.05, 0.1) is 5.56 Å². The average Bonchev–Trinajstić information content (AvgIpc) is 2.72. The van der Waals surface area contributed by atoms with Gasteiger partial charge in [-0.1, -0.05) is 30.7 Å². The van der Waals surface area contributed by atoms with Gasteiger partial charge in [-0.25, -0.2) is 13.1 Å². The second-order valence-electron chi connectivity index (χ2n) is 8.65. The molecule has 32 heavy (non-hydrogen) atoms. The molecular weight excluding hydrogens is 443 g/mol. The number of hydrogen-bond acceptors (Lipinski definition) is 3. The van der Waals surface area contributed by atoms with Crippen molar-refractivity contribution >= 4 is 22.1 Å². The van der Waals surface area contributed by atoms with Crippen LogP contribution < -0.4 is 4.72 Å². The van der Waals surface area contributed by atoms with Gasteiger partial charge < -0.3 is 5.11 Å². The monoisotopic (exact) mass is 471 g/mol. The fourth-order valence-electron chi connectivity index (χ4n) is 4.77. The lowest BCUT2D eigenvalue weighted by Gasteiger charge is -2.46. The minimum atomic E-state index is -4.43. The van der Waals surface area contributed by atoms with Crippen molar-refractivity contribution in [1.29, 1.82) is 0 Å². The van der Waals surface area contributed by atoms with E-state index in [1.807, 2.05) is 6.08 Å². The van der Waals surface area contributed by atoms with Gasteiger partial charge in [0, 0.05) is 17.9 Å². The number of sulfonamides is 1. The molecule has 3 aliphatic rings. The summed E-state index contributed by atoms with van der Waals surface area (Å²) >= 11 is 0. The maximum atomic E-state index is 12.7. The molecule has 4 rings (SSSR count). The summed E-state index contributed by atoms with van der Waals surface area (Å²) in [5, 5.41) is 9.72. The molecule has 1 aromatic carbocycles. The van der Waals surface area contributed by atoms with E-state index in [9.17, 15) is 26.4 Å². The first kappa shape index (κ1) is 24.5. The topological polar surface area (TPSA) is 83.5 Å². The van der Waals surface area contributed by atoms with Crippen LogP contribution in [0.3, 0.4) is 0 Å². The zero-order valence-electron chi connectivity index (χ0n) is 17.6. The number of benzene rings is 1. The molecule has 3 aliphatic carbocycles. The number of fused-ring (bicyclic) bond motifs is 3. The van der Waals surface area contributed by atoms with Crippen molar-refractivity contribution in [1.82, 2.24) is 4.72 Å². The second-order valence-corrected chi connectivity index (χ2v) is 10.2. The number of halogens is 3. The maximum Gasteiger partial charge on any atom is 0.416 e. The molecule has 0 radical (unpaired) electrons. The number of nitrogens with one attached hydrogen (secondary N) is 1. The number of carbonyl (C=O) groups is 1. The van der Waals surface area contributed by atoms with Gasteiger partial charge in [0.2, 0.25) is 10.0 Å². The average molecular weight is 472 g/mol. The Balaban J connectivity index is 1.59. The molecule has 5 nitrogen and oxygen atoms in total. The SMILES string of the molecule is O=C(O)CCC/C=C/C1CC2CCC1C(NS(=O)(=O)/C=C/c1ccc(C(F)(F)F)cc1)C2. The van der Waals surface area contributed by atoms with Gasteiger partial charge in [-0.05, 0) is 73.6 Å². The van der Waals surface area contributed by atoms with Crippen molar-refractivity contribution in [2.75, 3.05) is 0 Å². The summed E-state index contributed by atoms with van der Waals surface area (Å²) in [5.41, 5.74) is -0.411. The summed E-state index contributed by atoms with van der Waals surface area (Å²) < 4.78 is 65.9. The zero-order chi connectivity index (χ0) is 23.4. The largest absolute Gasteiger partial charge is 0.481 e. The van der Waals surface area contributed by atoms with Crippen molar-refractivity contribution in [2.24, 2.45) is 17.8 Å². The molecule has 0 amide bonds. The third-order valence-corrected chi connectivity index (χ3v) is 7.43. The molecule has 4 atom stereocenters. The Kier molecular flexibility index (Phi) is 7.82. The van der Waals surface area contributed by atoms with Crippen LogP contribution in [0.2, 0.25) is 0 Å². The number of unbranched alkanes of at least 4 members (excludes halogenated alkanes) is 1. The van der Waals surface area contributed by atoms with Crippen molar-refractivity contribution in [2.45, 2.75) is 57.2 Å². The lowest BCUT2D eigenvalue weighted by molar-refractivity contribution is -0.138. The predicted octanol–water partition coefficient (Wildman–Crippen LogP) is 5.21. The molecule has 0 spiro atoms. The van der Waals surface area contributed by atoms with Crippen LogP contribution in [0.25, 0.3) is 6.08 Å².